The summed E-state index contributed by atoms with van der Waals surface area (Å²) >= 11 is 0. The number of hydrogen-bond donors (Lipinski definition) is 0. The van der Waals surface area contributed by atoms with Crippen LogP contribution in [0.4, 0.5) is 17.1 Å². The number of para-hydroxylation sites is 1. The van der Waals surface area contributed by atoms with Crippen molar-refractivity contribution in [1.82, 2.24) is 0 Å². The summed E-state index contributed by atoms with van der Waals surface area (Å²) in [4.78, 5) is 2.43. The number of anilines is 3. The van der Waals surface area contributed by atoms with Crippen molar-refractivity contribution in [2.45, 2.75) is 26.2 Å². The van der Waals surface area contributed by atoms with Crippen LogP contribution >= 0.6 is 0 Å². The first-order chi connectivity index (χ1) is 21.5. The van der Waals surface area contributed by atoms with Crippen LogP contribution in [0.1, 0.15) is 26.3 Å². The largest absolute Gasteiger partial charge is 0.456 e. The van der Waals surface area contributed by atoms with E-state index in [1.165, 1.54) is 43.3 Å². The molecule has 212 valence electrons. The highest BCUT2D eigenvalue weighted by atomic mass is 16.3. The Labute approximate surface area is 257 Å². The van der Waals surface area contributed by atoms with Gasteiger partial charge in [-0.1, -0.05) is 136 Å². The van der Waals surface area contributed by atoms with E-state index >= 15 is 0 Å². The molecule has 2 heteroatoms. The molecule has 0 saturated carbocycles. The Morgan fingerprint density at radius 3 is 1.89 bits per heavy atom. The summed E-state index contributed by atoms with van der Waals surface area (Å²) in [5, 5.41) is 8.52. The molecular formula is C42H33NO. The van der Waals surface area contributed by atoms with E-state index < -0.39 is 0 Å². The Hall–Kier alpha value is -5.34. The second kappa shape index (κ2) is 10.1. The predicted octanol–water partition coefficient (Wildman–Crippen LogP) is 12.3. The summed E-state index contributed by atoms with van der Waals surface area (Å²) in [5.41, 5.74) is 6.50. The lowest BCUT2D eigenvalue weighted by Gasteiger charge is -2.29. The SMILES string of the molecule is CC(C)(C)c1c(-c2cccc(N(c3cccc4ccccc34)c3cc4ccccc4c4ccccc34)c2)oc2ccccc12. The lowest BCUT2D eigenvalue weighted by Crippen LogP contribution is -2.12. The molecular weight excluding hydrogens is 534 g/mol. The van der Waals surface area contributed by atoms with Gasteiger partial charge in [0.1, 0.15) is 11.3 Å². The van der Waals surface area contributed by atoms with Gasteiger partial charge in [0.25, 0.3) is 0 Å². The molecule has 2 nitrogen and oxygen atoms in total. The Morgan fingerprint density at radius 1 is 0.477 bits per heavy atom. The molecule has 7 aromatic carbocycles. The molecule has 0 bridgehead atoms. The van der Waals surface area contributed by atoms with Gasteiger partial charge in [-0.25, -0.2) is 0 Å². The normalized spacial score (nSPS) is 12.0. The van der Waals surface area contributed by atoms with E-state index in [0.717, 1.165) is 34.0 Å². The van der Waals surface area contributed by atoms with E-state index in [1.54, 1.807) is 0 Å². The van der Waals surface area contributed by atoms with Gasteiger partial charge >= 0.3 is 0 Å². The van der Waals surface area contributed by atoms with E-state index in [1.807, 2.05) is 6.07 Å². The summed E-state index contributed by atoms with van der Waals surface area (Å²) < 4.78 is 6.64. The number of furan rings is 1. The average Bonchev–Trinajstić information content (AvgIpc) is 3.46. The number of benzene rings is 7. The van der Waals surface area contributed by atoms with E-state index in [2.05, 4.69) is 165 Å². The summed E-state index contributed by atoms with van der Waals surface area (Å²) in [6, 6.07) is 52.3. The van der Waals surface area contributed by atoms with Gasteiger partial charge in [-0.15, -0.1) is 0 Å². The minimum atomic E-state index is -0.0954. The van der Waals surface area contributed by atoms with Crippen molar-refractivity contribution < 1.29 is 4.42 Å². The van der Waals surface area contributed by atoms with Gasteiger partial charge in [-0.05, 0) is 57.3 Å². The topological polar surface area (TPSA) is 16.4 Å². The van der Waals surface area contributed by atoms with E-state index in [-0.39, 0.29) is 5.41 Å². The summed E-state index contributed by atoms with van der Waals surface area (Å²) in [6.07, 6.45) is 0. The van der Waals surface area contributed by atoms with Gasteiger partial charge in [0.15, 0.2) is 0 Å². The van der Waals surface area contributed by atoms with Crippen LogP contribution in [-0.2, 0) is 5.41 Å². The number of fused-ring (bicyclic) bond motifs is 5. The van der Waals surface area contributed by atoms with Crippen LogP contribution in [0.25, 0.3) is 54.6 Å². The fourth-order valence-corrected chi connectivity index (χ4v) is 6.81. The molecule has 0 aliphatic rings. The van der Waals surface area contributed by atoms with Crippen molar-refractivity contribution in [3.63, 3.8) is 0 Å². The van der Waals surface area contributed by atoms with E-state index in [4.69, 9.17) is 4.42 Å². The van der Waals surface area contributed by atoms with Crippen LogP contribution in [0.5, 0.6) is 0 Å². The summed E-state index contributed by atoms with van der Waals surface area (Å²) in [7, 11) is 0. The van der Waals surface area contributed by atoms with Crippen LogP contribution < -0.4 is 4.90 Å². The second-order valence-electron chi connectivity index (χ2n) is 12.6. The quantitative estimate of drug-likeness (QED) is 0.197. The molecule has 0 fully saturated rings. The maximum absolute atomic E-state index is 6.64. The molecule has 0 atom stereocenters. The molecule has 0 unspecified atom stereocenters. The van der Waals surface area contributed by atoms with Crippen LogP contribution in [0.15, 0.2) is 150 Å². The Morgan fingerprint density at radius 2 is 1.09 bits per heavy atom. The Balaban J connectivity index is 1.44. The van der Waals surface area contributed by atoms with Gasteiger partial charge in [0, 0.05) is 33.0 Å². The molecule has 44 heavy (non-hydrogen) atoms. The molecule has 0 N–H and O–H groups in total. The minimum absolute atomic E-state index is 0.0954. The van der Waals surface area contributed by atoms with Crippen molar-refractivity contribution in [2.24, 2.45) is 0 Å². The number of rotatable bonds is 4. The van der Waals surface area contributed by atoms with Gasteiger partial charge in [-0.2, -0.15) is 0 Å². The van der Waals surface area contributed by atoms with E-state index in [0.29, 0.717) is 0 Å². The highest BCUT2D eigenvalue weighted by Gasteiger charge is 2.27. The van der Waals surface area contributed by atoms with Gasteiger partial charge in [-0.3, -0.25) is 0 Å². The molecule has 0 spiro atoms. The Bertz CT molecular complexity index is 2330. The third-order valence-electron chi connectivity index (χ3n) is 8.71. The molecule has 1 aromatic heterocycles. The standard InChI is InChI=1S/C42H33NO/c1-42(2,3)40-36-23-10-11-25-39(36)44-41(40)30-17-12-18-31(26-30)43(37-24-13-16-28-14-4-7-20-33(28)37)38-27-29-15-5-6-19-32(29)34-21-8-9-22-35(34)38/h4-27H,1-3H3. The molecule has 8 aromatic rings. The molecule has 0 aliphatic heterocycles. The maximum Gasteiger partial charge on any atom is 0.139 e. The first kappa shape index (κ1) is 26.3. The first-order valence-electron chi connectivity index (χ1n) is 15.3. The van der Waals surface area contributed by atoms with Crippen molar-refractivity contribution in [3.8, 4) is 11.3 Å². The lowest BCUT2D eigenvalue weighted by molar-refractivity contribution is 0.568. The average molecular weight is 568 g/mol. The summed E-state index contributed by atoms with van der Waals surface area (Å²) in [6.45, 7) is 6.80. The van der Waals surface area contributed by atoms with Crippen LogP contribution in [0.3, 0.4) is 0 Å². The summed E-state index contributed by atoms with van der Waals surface area (Å²) in [5.74, 6) is 0.932. The van der Waals surface area contributed by atoms with Crippen molar-refractivity contribution in [2.75, 3.05) is 4.90 Å². The van der Waals surface area contributed by atoms with Crippen LogP contribution in [0.2, 0.25) is 0 Å². The highest BCUT2D eigenvalue weighted by molar-refractivity contribution is 6.15. The second-order valence-corrected chi connectivity index (χ2v) is 12.6. The third kappa shape index (κ3) is 4.26. The van der Waals surface area contributed by atoms with Crippen molar-refractivity contribution in [3.05, 3.63) is 151 Å². The molecule has 0 saturated heterocycles. The maximum atomic E-state index is 6.64. The van der Waals surface area contributed by atoms with Gasteiger partial charge in [0.2, 0.25) is 0 Å². The number of nitrogens with zero attached hydrogens (tertiary/aromatic N) is 1. The van der Waals surface area contributed by atoms with E-state index in [9.17, 15) is 0 Å². The van der Waals surface area contributed by atoms with Crippen molar-refractivity contribution in [1.29, 1.82) is 0 Å². The monoisotopic (exact) mass is 567 g/mol. The first-order valence-corrected chi connectivity index (χ1v) is 15.3. The number of hydrogen-bond acceptors (Lipinski definition) is 2. The Kier molecular flexibility index (Phi) is 6.06. The predicted molar refractivity (Wildman–Crippen MR) is 188 cm³/mol. The highest BCUT2D eigenvalue weighted by Crippen LogP contribution is 2.46. The molecule has 0 radical (unpaired) electrons. The lowest BCUT2D eigenvalue weighted by atomic mass is 9.83. The zero-order valence-electron chi connectivity index (χ0n) is 25.2. The zero-order valence-corrected chi connectivity index (χ0v) is 25.2. The zero-order chi connectivity index (χ0) is 29.8. The fourth-order valence-electron chi connectivity index (χ4n) is 6.81. The third-order valence-corrected chi connectivity index (χ3v) is 8.71. The van der Waals surface area contributed by atoms with Crippen LogP contribution in [0, 0.1) is 0 Å². The van der Waals surface area contributed by atoms with Gasteiger partial charge < -0.3 is 9.32 Å². The van der Waals surface area contributed by atoms with Crippen molar-refractivity contribution >= 4 is 60.3 Å². The molecule has 0 amide bonds. The smallest absolute Gasteiger partial charge is 0.139 e. The molecule has 8 rings (SSSR count). The fraction of sp³-hybridized carbons (Fsp3) is 0.0952. The minimum Gasteiger partial charge on any atom is -0.456 e. The van der Waals surface area contributed by atoms with Gasteiger partial charge in [0.05, 0.1) is 11.4 Å². The van der Waals surface area contributed by atoms with Crippen LogP contribution in [-0.4, -0.2) is 0 Å². The molecule has 0 aliphatic carbocycles. The molecule has 1 heterocycles.